The van der Waals surface area contributed by atoms with Gasteiger partial charge in [-0.3, -0.25) is 0 Å². The lowest BCUT2D eigenvalue weighted by atomic mass is 9.47. The van der Waals surface area contributed by atoms with E-state index in [9.17, 15) is 0 Å². The third-order valence-electron chi connectivity index (χ3n) is 9.84. The molecule has 7 atom stereocenters. The van der Waals surface area contributed by atoms with Gasteiger partial charge in [-0.05, 0) is 91.3 Å². The number of fused-ring (bicyclic) bond motifs is 5. The summed E-state index contributed by atoms with van der Waals surface area (Å²) in [4.78, 5) is 0. The van der Waals surface area contributed by atoms with Gasteiger partial charge in [0.2, 0.25) is 0 Å². The quantitative estimate of drug-likeness (QED) is 0.458. The van der Waals surface area contributed by atoms with Crippen LogP contribution in [0.25, 0.3) is 0 Å². The molecule has 0 bridgehead atoms. The molecule has 0 heterocycles. The zero-order chi connectivity index (χ0) is 20.1. The highest BCUT2D eigenvalue weighted by molar-refractivity contribution is 5.30. The molecule has 27 heavy (non-hydrogen) atoms. The fourth-order valence-electron chi connectivity index (χ4n) is 8.30. The molecule has 152 valence electrons. The van der Waals surface area contributed by atoms with E-state index in [1.54, 1.807) is 5.57 Å². The van der Waals surface area contributed by atoms with E-state index in [1.165, 1.54) is 57.8 Å². The lowest BCUT2D eigenvalue weighted by Crippen LogP contribution is -2.50. The summed E-state index contributed by atoms with van der Waals surface area (Å²) in [6.45, 7) is 12.6. The highest BCUT2D eigenvalue weighted by Crippen LogP contribution is 2.67. The molecule has 4 rings (SSSR count). The van der Waals surface area contributed by atoms with E-state index in [0.717, 1.165) is 48.0 Å². The van der Waals surface area contributed by atoms with Gasteiger partial charge in [0.15, 0.2) is 0 Å². The van der Waals surface area contributed by atoms with Gasteiger partial charge in [0, 0.05) is 0 Å². The maximum atomic E-state index is 8.10. The van der Waals surface area contributed by atoms with Gasteiger partial charge in [-0.2, -0.15) is 0 Å². The minimum absolute atomic E-state index is 0.357. The van der Waals surface area contributed by atoms with Crippen LogP contribution in [0.1, 0.15) is 100 Å². The lowest BCUT2D eigenvalue weighted by molar-refractivity contribution is -0.0547. The number of rotatable bonds is 5. The fraction of sp³-hybridized carbons (Fsp3) is 0.852. The van der Waals surface area contributed by atoms with Crippen molar-refractivity contribution in [2.45, 2.75) is 98.8 Å². The highest BCUT2D eigenvalue weighted by atomic mass is 14.6. The van der Waals surface area contributed by atoms with Gasteiger partial charge in [-0.1, -0.05) is 77.7 Å². The number of allylic oxidation sites excluding steroid dienone is 4. The second-order valence-electron chi connectivity index (χ2n) is 11.6. The predicted octanol–water partition coefficient (Wildman–Crippen LogP) is 8.19. The van der Waals surface area contributed by atoms with Crippen LogP contribution in [0.5, 0.6) is 0 Å². The molecular weight excluding hydrogens is 324 g/mol. The van der Waals surface area contributed by atoms with Crippen molar-refractivity contribution in [3.63, 3.8) is 0 Å². The molecule has 0 saturated heterocycles. The molecule has 0 radical (unpaired) electrons. The molecule has 3 fully saturated rings. The van der Waals surface area contributed by atoms with Crippen LogP contribution < -0.4 is 0 Å². The summed E-state index contributed by atoms with van der Waals surface area (Å²) in [7, 11) is 0. The fourth-order valence-corrected chi connectivity index (χ4v) is 8.30. The van der Waals surface area contributed by atoms with Crippen molar-refractivity contribution in [3.05, 3.63) is 23.8 Å². The van der Waals surface area contributed by atoms with Crippen molar-refractivity contribution in [3.8, 4) is 0 Å². The molecule has 0 unspecified atom stereocenters. The van der Waals surface area contributed by atoms with Crippen LogP contribution in [0.3, 0.4) is 0 Å². The Kier molecular flexibility index (Phi) is 5.06. The largest absolute Gasteiger partial charge is 0.0837 e. The molecule has 0 aromatic carbocycles. The maximum absolute atomic E-state index is 8.10. The Labute approximate surface area is 170 Å². The molecule has 0 heteroatoms. The van der Waals surface area contributed by atoms with Crippen LogP contribution >= 0.6 is 0 Å². The summed E-state index contributed by atoms with van der Waals surface area (Å²) < 4.78 is 8.10. The van der Waals surface area contributed by atoms with Crippen molar-refractivity contribution >= 4 is 0 Å². The smallest absolute Gasteiger partial charge is 0.0619 e. The molecule has 0 N–H and O–H groups in total. The van der Waals surface area contributed by atoms with E-state index < -0.39 is 0 Å². The molecule has 3 saturated carbocycles. The highest BCUT2D eigenvalue weighted by Gasteiger charge is 2.58. The van der Waals surface area contributed by atoms with Crippen LogP contribution in [0, 0.1) is 46.3 Å². The Morgan fingerprint density at radius 1 is 1.07 bits per heavy atom. The monoisotopic (exact) mass is 369 g/mol. The molecule has 0 aliphatic heterocycles. The Morgan fingerprint density at radius 3 is 2.67 bits per heavy atom. The third kappa shape index (κ3) is 3.28. The Morgan fingerprint density at radius 2 is 1.89 bits per heavy atom. The van der Waals surface area contributed by atoms with E-state index >= 15 is 0 Å². The summed E-state index contributed by atoms with van der Waals surface area (Å²) in [5.41, 5.74) is 2.57. The summed E-state index contributed by atoms with van der Waals surface area (Å²) >= 11 is 0. The number of hydrogen-bond donors (Lipinski definition) is 0. The minimum Gasteiger partial charge on any atom is -0.0837 e. The molecule has 4 aliphatic carbocycles. The summed E-state index contributed by atoms with van der Waals surface area (Å²) in [6, 6.07) is 0.766. The predicted molar refractivity (Wildman–Crippen MR) is 118 cm³/mol. The second kappa shape index (κ2) is 7.38. The van der Waals surface area contributed by atoms with Crippen LogP contribution in [-0.2, 0) is 0 Å². The van der Waals surface area contributed by atoms with E-state index in [-0.39, 0.29) is 0 Å². The molecule has 0 nitrogen and oxygen atoms in total. The molecule has 4 aliphatic rings. The first kappa shape index (κ1) is 18.5. The first-order valence-electron chi connectivity index (χ1n) is 12.6. The van der Waals surface area contributed by atoms with Gasteiger partial charge >= 0.3 is 0 Å². The van der Waals surface area contributed by atoms with Gasteiger partial charge in [0.25, 0.3) is 0 Å². The molecular formula is C27H44. The topological polar surface area (TPSA) is 0 Å². The lowest BCUT2D eigenvalue weighted by Gasteiger charge is -2.58. The summed E-state index contributed by atoms with van der Waals surface area (Å²) in [6.07, 6.45) is 18.4. The van der Waals surface area contributed by atoms with E-state index in [2.05, 4.69) is 46.8 Å². The first-order valence-corrected chi connectivity index (χ1v) is 12.1. The Balaban J connectivity index is 1.49. The Bertz CT molecular complexity index is 643. The van der Waals surface area contributed by atoms with Gasteiger partial charge in [-0.25, -0.2) is 0 Å². The van der Waals surface area contributed by atoms with Crippen molar-refractivity contribution in [1.29, 1.82) is 0 Å². The standard InChI is InChI=1S/C27H44/c1-19(2)9-8-10-20(3)23-14-15-24-22-13-12-21-11-6-7-17-26(21,4)25(22)16-18-27(23,24)5/h6-7,11,19-20,22-25H,8-10,12-18H2,1-5H3/t20-,22+,23-,24+,25+,26+,27-/m1/s1/i6D. The van der Waals surface area contributed by atoms with Crippen LogP contribution in [0.2, 0.25) is 0 Å². The summed E-state index contributed by atoms with van der Waals surface area (Å²) in [5.74, 6) is 5.49. The van der Waals surface area contributed by atoms with Crippen molar-refractivity contribution < 1.29 is 1.37 Å². The van der Waals surface area contributed by atoms with E-state index in [1.807, 2.05) is 0 Å². The van der Waals surface area contributed by atoms with Gasteiger partial charge in [0.05, 0.1) is 1.37 Å². The number of hydrogen-bond acceptors (Lipinski definition) is 0. The van der Waals surface area contributed by atoms with E-state index in [0.29, 0.717) is 10.8 Å². The average Bonchev–Trinajstić information content (AvgIpc) is 2.99. The average molecular weight is 370 g/mol. The second-order valence-corrected chi connectivity index (χ2v) is 11.6. The Hall–Kier alpha value is -0.520. The minimum atomic E-state index is 0.357. The van der Waals surface area contributed by atoms with E-state index in [4.69, 9.17) is 1.37 Å². The van der Waals surface area contributed by atoms with Crippen LogP contribution in [0.15, 0.2) is 23.8 Å². The van der Waals surface area contributed by atoms with Crippen molar-refractivity contribution in [2.24, 2.45) is 46.3 Å². The van der Waals surface area contributed by atoms with Crippen LogP contribution in [0.4, 0.5) is 0 Å². The normalized spacial score (nSPS) is 45.3. The molecule has 0 spiro atoms. The van der Waals surface area contributed by atoms with Crippen LogP contribution in [-0.4, -0.2) is 0 Å². The van der Waals surface area contributed by atoms with Gasteiger partial charge < -0.3 is 0 Å². The molecule has 0 aromatic rings. The van der Waals surface area contributed by atoms with Gasteiger partial charge in [0.1, 0.15) is 0 Å². The van der Waals surface area contributed by atoms with Crippen molar-refractivity contribution in [2.75, 3.05) is 0 Å². The third-order valence-corrected chi connectivity index (χ3v) is 9.84. The van der Waals surface area contributed by atoms with Crippen molar-refractivity contribution in [1.82, 2.24) is 0 Å². The molecule has 0 amide bonds. The summed E-state index contributed by atoms with van der Waals surface area (Å²) in [5, 5.41) is 0. The maximum Gasteiger partial charge on any atom is 0.0619 e. The molecule has 0 aromatic heterocycles. The SMILES string of the molecule is [2H]C1=CC[C@@]2(C)C(=C1)CC[C@H]1[C@@H]3CC[C@H]([C@H](C)CCCC(C)C)[C@@]3(C)CC[C@@H]12. The zero-order valence-corrected chi connectivity index (χ0v) is 18.7. The first-order chi connectivity index (χ1) is 13.3. The zero-order valence-electron chi connectivity index (χ0n) is 19.7. The van der Waals surface area contributed by atoms with Gasteiger partial charge in [-0.15, -0.1) is 0 Å².